The van der Waals surface area contributed by atoms with Gasteiger partial charge >= 0.3 is 5.97 Å². The van der Waals surface area contributed by atoms with Gasteiger partial charge < -0.3 is 15.3 Å². The van der Waals surface area contributed by atoms with Crippen molar-refractivity contribution < 1.29 is 20.1 Å². The van der Waals surface area contributed by atoms with Crippen molar-refractivity contribution in [2.75, 3.05) is 12.4 Å². The third-order valence-electron chi connectivity index (χ3n) is 2.57. The molecule has 0 bridgehead atoms. The van der Waals surface area contributed by atoms with Crippen LogP contribution in [0.1, 0.15) is 10.4 Å². The summed E-state index contributed by atoms with van der Waals surface area (Å²) in [5.41, 5.74) is 0.640. The molecule has 0 fully saturated rings. The van der Waals surface area contributed by atoms with Crippen LogP contribution in [0, 0.1) is 0 Å². The molecule has 0 saturated heterocycles. The lowest BCUT2D eigenvalue weighted by molar-refractivity contribution is 0.0693. The molecule has 2 aromatic rings. The van der Waals surface area contributed by atoms with Gasteiger partial charge in [0.15, 0.2) is 5.65 Å². The molecule has 0 aliphatic heterocycles. The zero-order chi connectivity index (χ0) is 14.0. The Hall–Kier alpha value is -1.64. The number of aliphatic hydroxyl groups excluding tert-OH is 2. The number of carboxylic acid groups (broad SMARTS) is 1. The first-order chi connectivity index (χ1) is 9.04. The third-order valence-corrected chi connectivity index (χ3v) is 3.85. The van der Waals surface area contributed by atoms with Crippen molar-refractivity contribution in [3.63, 3.8) is 0 Å². The molecule has 0 aliphatic rings. The highest BCUT2D eigenvalue weighted by atomic mass is 32.2. The van der Waals surface area contributed by atoms with Crippen molar-refractivity contribution in [2.24, 2.45) is 7.05 Å². The fourth-order valence-electron chi connectivity index (χ4n) is 1.61. The van der Waals surface area contributed by atoms with Crippen LogP contribution in [0.25, 0.3) is 11.0 Å². The number of nitrogens with zero attached hydrogens (tertiary/aromatic N) is 3. The number of thioether (sulfide) groups is 1. The molecule has 0 aliphatic carbocycles. The number of aliphatic hydroxyl groups is 2. The van der Waals surface area contributed by atoms with Crippen LogP contribution in [0.3, 0.4) is 0 Å². The predicted octanol–water partition coefficient (Wildman–Crippen LogP) is 0.112. The highest BCUT2D eigenvalue weighted by molar-refractivity contribution is 7.99. The highest BCUT2D eigenvalue weighted by Gasteiger charge is 2.18. The Bertz CT molecular complexity index is 613. The van der Waals surface area contributed by atoms with Crippen molar-refractivity contribution in [3.8, 4) is 0 Å². The summed E-state index contributed by atoms with van der Waals surface area (Å²) >= 11 is 1.17. The maximum atomic E-state index is 11.2. The van der Waals surface area contributed by atoms with Crippen LogP contribution in [0.5, 0.6) is 0 Å². The van der Waals surface area contributed by atoms with E-state index < -0.39 is 12.1 Å². The summed E-state index contributed by atoms with van der Waals surface area (Å²) < 4.78 is 1.55. The topological polar surface area (TPSA) is 108 Å². The van der Waals surface area contributed by atoms with E-state index in [4.69, 9.17) is 10.2 Å². The van der Waals surface area contributed by atoms with Gasteiger partial charge in [0.1, 0.15) is 0 Å². The minimum Gasteiger partial charge on any atom is -0.478 e. The van der Waals surface area contributed by atoms with E-state index in [1.807, 2.05) is 0 Å². The van der Waals surface area contributed by atoms with Crippen LogP contribution >= 0.6 is 11.8 Å². The van der Waals surface area contributed by atoms with Crippen molar-refractivity contribution in [2.45, 2.75) is 11.0 Å². The van der Waals surface area contributed by atoms with Crippen LogP contribution in [-0.2, 0) is 7.05 Å². The lowest BCUT2D eigenvalue weighted by atomic mass is 10.2. The van der Waals surface area contributed by atoms with Gasteiger partial charge in [-0.1, -0.05) is 0 Å². The van der Waals surface area contributed by atoms with E-state index in [1.165, 1.54) is 18.0 Å². The Morgan fingerprint density at radius 2 is 2.26 bits per heavy atom. The van der Waals surface area contributed by atoms with Crippen LogP contribution in [-0.4, -0.2) is 54.5 Å². The number of hydrogen-bond acceptors (Lipinski definition) is 6. The van der Waals surface area contributed by atoms with Crippen molar-refractivity contribution in [3.05, 3.63) is 18.0 Å². The molecule has 8 heteroatoms. The summed E-state index contributed by atoms with van der Waals surface area (Å²) in [5, 5.41) is 32.0. The number of fused-ring (bicyclic) bond motifs is 1. The molecule has 1 unspecified atom stereocenters. The average molecular weight is 283 g/mol. The number of carbonyl (C=O) groups is 1. The zero-order valence-electron chi connectivity index (χ0n) is 10.1. The number of aryl methyl sites for hydroxylation is 1. The second-order valence-electron chi connectivity index (χ2n) is 3.96. The molecular formula is C11H13N3O4S. The third kappa shape index (κ3) is 2.70. The molecule has 0 spiro atoms. The summed E-state index contributed by atoms with van der Waals surface area (Å²) in [6.45, 7) is -0.364. The quantitative estimate of drug-likeness (QED) is 0.668. The molecule has 2 rings (SSSR count). The Balaban J connectivity index is 2.47. The number of rotatable bonds is 5. The Morgan fingerprint density at radius 1 is 1.53 bits per heavy atom. The number of pyridine rings is 1. The second kappa shape index (κ2) is 5.55. The van der Waals surface area contributed by atoms with Gasteiger partial charge in [-0.15, -0.1) is 11.8 Å². The molecule has 0 amide bonds. The van der Waals surface area contributed by atoms with Crippen LogP contribution < -0.4 is 0 Å². The monoisotopic (exact) mass is 283 g/mol. The molecular weight excluding hydrogens is 270 g/mol. The molecule has 19 heavy (non-hydrogen) atoms. The molecule has 0 radical (unpaired) electrons. The van der Waals surface area contributed by atoms with Gasteiger partial charge in [-0.05, 0) is 0 Å². The number of hydrogen-bond donors (Lipinski definition) is 3. The van der Waals surface area contributed by atoms with E-state index in [0.717, 1.165) is 0 Å². The largest absolute Gasteiger partial charge is 0.478 e. The molecule has 2 heterocycles. The van der Waals surface area contributed by atoms with E-state index in [-0.39, 0.29) is 17.9 Å². The van der Waals surface area contributed by atoms with E-state index in [2.05, 4.69) is 10.1 Å². The molecule has 1 atom stereocenters. The van der Waals surface area contributed by atoms with Gasteiger partial charge in [-0.25, -0.2) is 9.78 Å². The van der Waals surface area contributed by atoms with Crippen LogP contribution in [0.15, 0.2) is 17.3 Å². The fraction of sp³-hybridized carbons (Fsp3) is 0.364. The van der Waals surface area contributed by atoms with Gasteiger partial charge in [0.2, 0.25) is 0 Å². The Morgan fingerprint density at radius 3 is 2.89 bits per heavy atom. The van der Waals surface area contributed by atoms with Gasteiger partial charge in [-0.2, -0.15) is 5.10 Å². The summed E-state index contributed by atoms with van der Waals surface area (Å²) in [5.74, 6) is -0.885. The normalized spacial score (nSPS) is 12.8. The minimum atomic E-state index is -1.08. The van der Waals surface area contributed by atoms with E-state index in [1.54, 1.807) is 17.9 Å². The van der Waals surface area contributed by atoms with Gasteiger partial charge in [0, 0.05) is 23.9 Å². The fourth-order valence-corrected chi connectivity index (χ4v) is 2.67. The first-order valence-corrected chi connectivity index (χ1v) is 6.49. The van der Waals surface area contributed by atoms with Gasteiger partial charge in [0.05, 0.1) is 29.9 Å². The van der Waals surface area contributed by atoms with Crippen LogP contribution in [0.4, 0.5) is 0 Å². The molecule has 0 aromatic carbocycles. The summed E-state index contributed by atoms with van der Waals surface area (Å²) in [6.07, 6.45) is 1.93. The smallest absolute Gasteiger partial charge is 0.338 e. The maximum absolute atomic E-state index is 11.2. The lowest BCUT2D eigenvalue weighted by Gasteiger charge is -2.09. The second-order valence-corrected chi connectivity index (χ2v) is 4.99. The predicted molar refractivity (Wildman–Crippen MR) is 69.3 cm³/mol. The summed E-state index contributed by atoms with van der Waals surface area (Å²) in [6, 6.07) is 0. The van der Waals surface area contributed by atoms with E-state index in [0.29, 0.717) is 15.9 Å². The SMILES string of the molecule is Cn1ncc2c(SCC(O)CO)c(C(=O)O)cnc21. The van der Waals surface area contributed by atoms with Crippen molar-refractivity contribution in [1.82, 2.24) is 14.8 Å². The van der Waals surface area contributed by atoms with Gasteiger partial charge in [0.25, 0.3) is 0 Å². The standard InChI is InChI=1S/C11H13N3O4S/c1-14-10-7(3-13-14)9(19-5-6(16)4-15)8(2-12-10)11(17)18/h2-3,6,15-16H,4-5H2,1H3,(H,17,18). The zero-order valence-corrected chi connectivity index (χ0v) is 11.0. The molecule has 0 saturated carbocycles. The number of aromatic nitrogens is 3. The summed E-state index contributed by atoms with van der Waals surface area (Å²) in [4.78, 5) is 15.8. The highest BCUT2D eigenvalue weighted by Crippen LogP contribution is 2.30. The lowest BCUT2D eigenvalue weighted by Crippen LogP contribution is -2.15. The van der Waals surface area contributed by atoms with Crippen molar-refractivity contribution in [1.29, 1.82) is 0 Å². The first-order valence-electron chi connectivity index (χ1n) is 5.50. The molecule has 7 nitrogen and oxygen atoms in total. The Labute approximate surface area is 112 Å². The number of aromatic carboxylic acids is 1. The molecule has 102 valence electrons. The van der Waals surface area contributed by atoms with E-state index in [9.17, 15) is 9.90 Å². The molecule has 2 aromatic heterocycles. The first kappa shape index (κ1) is 13.8. The van der Waals surface area contributed by atoms with E-state index >= 15 is 0 Å². The average Bonchev–Trinajstić information content (AvgIpc) is 2.77. The number of carboxylic acids is 1. The summed E-state index contributed by atoms with van der Waals surface area (Å²) in [7, 11) is 1.72. The van der Waals surface area contributed by atoms with Gasteiger partial charge in [-0.3, -0.25) is 4.68 Å². The van der Waals surface area contributed by atoms with Crippen molar-refractivity contribution >= 4 is 28.8 Å². The minimum absolute atomic E-state index is 0.0654. The van der Waals surface area contributed by atoms with Crippen LogP contribution in [0.2, 0.25) is 0 Å². The molecule has 3 N–H and O–H groups in total. The maximum Gasteiger partial charge on any atom is 0.338 e. The Kier molecular flexibility index (Phi) is 4.03.